The zero-order valence-corrected chi connectivity index (χ0v) is 8.71. The lowest BCUT2D eigenvalue weighted by Gasteiger charge is -2.05. The molecule has 0 saturated carbocycles. The summed E-state index contributed by atoms with van der Waals surface area (Å²) in [6.07, 6.45) is 3.85. The third-order valence-electron chi connectivity index (χ3n) is 2.53. The number of nitrogens with one attached hydrogen (secondary N) is 1. The molecule has 0 spiro atoms. The summed E-state index contributed by atoms with van der Waals surface area (Å²) in [6, 6.07) is 0. The topological polar surface area (TPSA) is 80.9 Å². The number of rotatable bonds is 2. The van der Waals surface area contributed by atoms with E-state index in [9.17, 15) is 4.79 Å². The molecule has 0 saturated heterocycles. The van der Waals surface area contributed by atoms with Crippen LogP contribution in [0, 0.1) is 0 Å². The van der Waals surface area contributed by atoms with Crippen LogP contribution in [0.4, 0.5) is 0 Å². The van der Waals surface area contributed by atoms with E-state index in [-0.39, 0.29) is 5.69 Å². The molecule has 0 amide bonds. The van der Waals surface area contributed by atoms with Gasteiger partial charge in [-0.1, -0.05) is 6.92 Å². The molecule has 0 unspecified atom stereocenters. The number of H-pyrrole nitrogens is 1. The zero-order chi connectivity index (χ0) is 11.1. The van der Waals surface area contributed by atoms with E-state index in [2.05, 4.69) is 20.2 Å². The van der Waals surface area contributed by atoms with Crippen LogP contribution in [-0.4, -0.2) is 29.1 Å². The third kappa shape index (κ3) is 1.02. The van der Waals surface area contributed by atoms with Crippen molar-refractivity contribution in [1.29, 1.82) is 0 Å². The van der Waals surface area contributed by atoms with Gasteiger partial charge in [-0.3, -0.25) is 4.57 Å². The van der Waals surface area contributed by atoms with Gasteiger partial charge in [-0.25, -0.2) is 14.2 Å². The summed E-state index contributed by atoms with van der Waals surface area (Å²) < 4.78 is 3.05. The molecule has 0 atom stereocenters. The number of aryl methyl sites for hydroxylation is 1. The van der Waals surface area contributed by atoms with Gasteiger partial charge in [-0.05, 0) is 6.42 Å². The number of hydrogen-bond acceptors (Lipinski definition) is 4. The molecule has 82 valence electrons. The summed E-state index contributed by atoms with van der Waals surface area (Å²) in [5, 5.41) is 7.65. The first-order valence-electron chi connectivity index (χ1n) is 5.08. The average molecular weight is 218 g/mol. The minimum Gasteiger partial charge on any atom is -0.340 e. The maximum atomic E-state index is 12.1. The zero-order valence-electron chi connectivity index (χ0n) is 8.71. The van der Waals surface area contributed by atoms with Crippen molar-refractivity contribution in [3.8, 4) is 0 Å². The lowest BCUT2D eigenvalue weighted by atomic mass is 10.4. The Balaban J connectivity index is 2.56. The number of hydrogen-bond donors (Lipinski definition) is 1. The Morgan fingerprint density at radius 2 is 2.31 bits per heavy atom. The van der Waals surface area contributed by atoms with Gasteiger partial charge >= 0.3 is 5.69 Å². The predicted molar refractivity (Wildman–Crippen MR) is 57.2 cm³/mol. The van der Waals surface area contributed by atoms with E-state index in [0.717, 1.165) is 11.9 Å². The van der Waals surface area contributed by atoms with E-state index in [0.29, 0.717) is 17.8 Å². The van der Waals surface area contributed by atoms with Crippen LogP contribution in [-0.2, 0) is 6.54 Å². The summed E-state index contributed by atoms with van der Waals surface area (Å²) in [4.78, 5) is 19.2. The molecule has 0 aromatic carbocycles. The number of nitrogens with zero attached hydrogens (tertiary/aromatic N) is 5. The fourth-order valence-electron chi connectivity index (χ4n) is 1.85. The number of aromatic amines is 1. The predicted octanol–water partition coefficient (Wildman–Crippen LogP) is 0.177. The van der Waals surface area contributed by atoms with Crippen LogP contribution < -0.4 is 5.69 Å². The Labute approximate surface area is 89.8 Å². The van der Waals surface area contributed by atoms with Gasteiger partial charge in [0.1, 0.15) is 11.8 Å². The second kappa shape index (κ2) is 3.16. The number of imidazole rings is 1. The molecule has 7 nitrogen and oxygen atoms in total. The van der Waals surface area contributed by atoms with Crippen LogP contribution in [0.1, 0.15) is 13.3 Å². The van der Waals surface area contributed by atoms with Crippen molar-refractivity contribution in [2.45, 2.75) is 19.9 Å². The average Bonchev–Trinajstić information content (AvgIpc) is 2.90. The molecule has 0 aliphatic heterocycles. The Bertz CT molecular complexity index is 705. The minimum atomic E-state index is -0.151. The molecule has 0 radical (unpaired) electrons. The smallest absolute Gasteiger partial charge is 0.336 e. The number of fused-ring (bicyclic) bond motifs is 3. The molecule has 0 fully saturated rings. The van der Waals surface area contributed by atoms with E-state index in [1.54, 1.807) is 10.9 Å². The lowest BCUT2D eigenvalue weighted by molar-refractivity contribution is 0.647. The van der Waals surface area contributed by atoms with Crippen LogP contribution >= 0.6 is 0 Å². The molecule has 16 heavy (non-hydrogen) atoms. The molecule has 0 aliphatic rings. The van der Waals surface area contributed by atoms with Crippen LogP contribution in [0.2, 0.25) is 0 Å². The van der Waals surface area contributed by atoms with Crippen molar-refractivity contribution in [1.82, 2.24) is 29.1 Å². The molecule has 3 heterocycles. The highest BCUT2D eigenvalue weighted by atomic mass is 16.1. The quantitative estimate of drug-likeness (QED) is 0.665. The van der Waals surface area contributed by atoms with Crippen LogP contribution in [0.15, 0.2) is 17.4 Å². The SMILES string of the molecule is CCCn1c(=O)n2cnnc2c2[nH]cnc21. The van der Waals surface area contributed by atoms with E-state index in [1.165, 1.54) is 10.7 Å². The van der Waals surface area contributed by atoms with Gasteiger partial charge in [0.15, 0.2) is 11.3 Å². The standard InChI is InChI=1S/C9H10N6O/c1-2-3-14-7-6(10-4-11-7)8-13-12-5-15(8)9(14)16/h4-5H,2-3H2,1H3,(H,10,11). The van der Waals surface area contributed by atoms with Gasteiger partial charge in [-0.2, -0.15) is 0 Å². The highest BCUT2D eigenvalue weighted by Crippen LogP contribution is 2.11. The highest BCUT2D eigenvalue weighted by molar-refractivity contribution is 5.84. The van der Waals surface area contributed by atoms with Gasteiger partial charge in [0.25, 0.3) is 0 Å². The normalized spacial score (nSPS) is 11.6. The Morgan fingerprint density at radius 1 is 1.44 bits per heavy atom. The van der Waals surface area contributed by atoms with Crippen LogP contribution in [0.5, 0.6) is 0 Å². The van der Waals surface area contributed by atoms with E-state index >= 15 is 0 Å². The van der Waals surface area contributed by atoms with Crippen LogP contribution in [0.25, 0.3) is 16.8 Å². The van der Waals surface area contributed by atoms with Crippen molar-refractivity contribution in [2.24, 2.45) is 0 Å². The van der Waals surface area contributed by atoms with Crippen molar-refractivity contribution < 1.29 is 0 Å². The molecule has 3 rings (SSSR count). The lowest BCUT2D eigenvalue weighted by Crippen LogP contribution is -2.26. The number of aromatic nitrogens is 6. The van der Waals surface area contributed by atoms with Crippen molar-refractivity contribution in [2.75, 3.05) is 0 Å². The molecule has 1 N–H and O–H groups in total. The fraction of sp³-hybridized carbons (Fsp3) is 0.333. The Morgan fingerprint density at radius 3 is 3.12 bits per heavy atom. The molecule has 0 aliphatic carbocycles. The van der Waals surface area contributed by atoms with Crippen molar-refractivity contribution in [3.05, 3.63) is 23.1 Å². The monoisotopic (exact) mass is 218 g/mol. The summed E-state index contributed by atoms with van der Waals surface area (Å²) >= 11 is 0. The maximum absolute atomic E-state index is 12.1. The van der Waals surface area contributed by atoms with Gasteiger partial charge in [0.2, 0.25) is 0 Å². The summed E-state index contributed by atoms with van der Waals surface area (Å²) in [6.45, 7) is 2.65. The van der Waals surface area contributed by atoms with Crippen LogP contribution in [0.3, 0.4) is 0 Å². The second-order valence-corrected chi connectivity index (χ2v) is 3.56. The van der Waals surface area contributed by atoms with Gasteiger partial charge < -0.3 is 4.98 Å². The molecule has 3 aromatic rings. The Hall–Kier alpha value is -2.18. The van der Waals surface area contributed by atoms with E-state index in [1.807, 2.05) is 6.92 Å². The molecule has 7 heteroatoms. The summed E-state index contributed by atoms with van der Waals surface area (Å²) in [5.41, 5.74) is 1.74. The second-order valence-electron chi connectivity index (χ2n) is 3.56. The largest absolute Gasteiger partial charge is 0.340 e. The molecule has 0 bridgehead atoms. The fourth-order valence-corrected chi connectivity index (χ4v) is 1.85. The van der Waals surface area contributed by atoms with E-state index in [4.69, 9.17) is 0 Å². The van der Waals surface area contributed by atoms with Gasteiger partial charge in [0.05, 0.1) is 6.33 Å². The van der Waals surface area contributed by atoms with Crippen molar-refractivity contribution >= 4 is 16.8 Å². The van der Waals surface area contributed by atoms with E-state index < -0.39 is 0 Å². The highest BCUT2D eigenvalue weighted by Gasteiger charge is 2.12. The van der Waals surface area contributed by atoms with Gasteiger partial charge in [0, 0.05) is 6.54 Å². The first kappa shape index (κ1) is 9.08. The summed E-state index contributed by atoms with van der Waals surface area (Å²) in [5.74, 6) is 0. The first-order valence-corrected chi connectivity index (χ1v) is 5.08. The van der Waals surface area contributed by atoms with Crippen molar-refractivity contribution in [3.63, 3.8) is 0 Å². The maximum Gasteiger partial charge on any atom is 0.336 e. The summed E-state index contributed by atoms with van der Waals surface area (Å²) in [7, 11) is 0. The molecular formula is C9H10N6O. The molecule has 3 aromatic heterocycles. The first-order chi connectivity index (χ1) is 7.83. The Kier molecular flexibility index (Phi) is 1.79. The van der Waals surface area contributed by atoms with Gasteiger partial charge in [-0.15, -0.1) is 10.2 Å². The third-order valence-corrected chi connectivity index (χ3v) is 2.53. The molecular weight excluding hydrogens is 208 g/mol. The minimum absolute atomic E-state index is 0.151.